The van der Waals surface area contributed by atoms with Gasteiger partial charge in [-0.3, -0.25) is 4.79 Å². The van der Waals surface area contributed by atoms with E-state index in [9.17, 15) is 18.0 Å². The Morgan fingerprint density at radius 1 is 1.30 bits per heavy atom. The fourth-order valence-corrected chi connectivity index (χ4v) is 1.98. The lowest BCUT2D eigenvalue weighted by Crippen LogP contribution is -2.21. The minimum atomic E-state index is -4.49. The molecule has 1 unspecified atom stereocenters. The molecule has 0 bridgehead atoms. The Morgan fingerprint density at radius 3 is 2.57 bits per heavy atom. The van der Waals surface area contributed by atoms with Crippen LogP contribution in [0.5, 0.6) is 5.75 Å². The monoisotopic (exact) mass is 333 g/mol. The van der Waals surface area contributed by atoms with Crippen molar-refractivity contribution >= 4 is 11.6 Å². The number of benzene rings is 1. The Bertz CT molecular complexity index is 518. The van der Waals surface area contributed by atoms with E-state index in [-0.39, 0.29) is 29.9 Å². The highest BCUT2D eigenvalue weighted by molar-refractivity contribution is 5.93. The van der Waals surface area contributed by atoms with Crippen LogP contribution in [0.15, 0.2) is 18.2 Å². The van der Waals surface area contributed by atoms with Crippen molar-refractivity contribution in [2.75, 3.05) is 25.6 Å². The molecule has 0 saturated carbocycles. The summed E-state index contributed by atoms with van der Waals surface area (Å²) in [7, 11) is 1.49. The van der Waals surface area contributed by atoms with Crippen LogP contribution in [0.1, 0.15) is 32.3 Å². The number of anilines is 1. The lowest BCUT2D eigenvalue weighted by molar-refractivity contribution is -0.137. The second-order valence-electron chi connectivity index (χ2n) is 5.23. The molecule has 1 aromatic carbocycles. The van der Waals surface area contributed by atoms with Gasteiger partial charge in [-0.2, -0.15) is 13.2 Å². The standard InChI is InChI=1S/C16H22F3NO3/c1-4-5-11(2)15(21)20-13-10-12(16(17,18)19)6-7-14(13)23-9-8-22-3/h6-7,10-11H,4-5,8-9H2,1-3H3,(H,20,21). The van der Waals surface area contributed by atoms with Gasteiger partial charge in [-0.15, -0.1) is 0 Å². The molecule has 1 atom stereocenters. The molecule has 7 heteroatoms. The molecule has 0 aliphatic rings. The van der Waals surface area contributed by atoms with Gasteiger partial charge in [0.1, 0.15) is 12.4 Å². The minimum absolute atomic E-state index is 0.0175. The molecule has 0 aliphatic heterocycles. The van der Waals surface area contributed by atoms with Gasteiger partial charge in [0.05, 0.1) is 17.9 Å². The second kappa shape index (κ2) is 8.76. The molecule has 23 heavy (non-hydrogen) atoms. The summed E-state index contributed by atoms with van der Waals surface area (Å²) in [6, 6.07) is 3.02. The molecule has 0 heterocycles. The van der Waals surface area contributed by atoms with Gasteiger partial charge >= 0.3 is 6.18 Å². The highest BCUT2D eigenvalue weighted by Crippen LogP contribution is 2.35. The average molecular weight is 333 g/mol. The van der Waals surface area contributed by atoms with Crippen molar-refractivity contribution < 1.29 is 27.4 Å². The highest BCUT2D eigenvalue weighted by Gasteiger charge is 2.31. The van der Waals surface area contributed by atoms with Gasteiger partial charge < -0.3 is 14.8 Å². The van der Waals surface area contributed by atoms with E-state index in [4.69, 9.17) is 9.47 Å². The van der Waals surface area contributed by atoms with Crippen LogP contribution in [0, 0.1) is 5.92 Å². The molecule has 0 fully saturated rings. The largest absolute Gasteiger partial charge is 0.489 e. The van der Waals surface area contributed by atoms with Gasteiger partial charge in [0, 0.05) is 13.0 Å². The van der Waals surface area contributed by atoms with E-state index in [0.29, 0.717) is 13.0 Å². The van der Waals surface area contributed by atoms with Gasteiger partial charge in [-0.25, -0.2) is 0 Å². The molecule has 1 N–H and O–H groups in total. The summed E-state index contributed by atoms with van der Waals surface area (Å²) >= 11 is 0. The summed E-state index contributed by atoms with van der Waals surface area (Å²) in [4.78, 5) is 12.1. The van der Waals surface area contributed by atoms with Crippen molar-refractivity contribution in [2.24, 2.45) is 5.92 Å². The Hall–Kier alpha value is -1.76. The van der Waals surface area contributed by atoms with E-state index < -0.39 is 11.7 Å². The average Bonchev–Trinajstić information content (AvgIpc) is 2.48. The maximum Gasteiger partial charge on any atom is 0.416 e. The molecular formula is C16H22F3NO3. The summed E-state index contributed by atoms with van der Waals surface area (Å²) in [5, 5.41) is 2.53. The number of amides is 1. The van der Waals surface area contributed by atoms with Crippen molar-refractivity contribution in [1.82, 2.24) is 0 Å². The molecule has 0 radical (unpaired) electrons. The number of nitrogens with one attached hydrogen (secondary N) is 1. The number of ether oxygens (including phenoxy) is 2. The fraction of sp³-hybridized carbons (Fsp3) is 0.562. The first-order valence-corrected chi connectivity index (χ1v) is 7.43. The Morgan fingerprint density at radius 2 is 2.00 bits per heavy atom. The van der Waals surface area contributed by atoms with Crippen LogP contribution >= 0.6 is 0 Å². The van der Waals surface area contributed by atoms with Crippen molar-refractivity contribution in [1.29, 1.82) is 0 Å². The maximum atomic E-state index is 12.8. The molecule has 0 aliphatic carbocycles. The molecule has 0 aromatic heterocycles. The number of methoxy groups -OCH3 is 1. The number of carbonyl (C=O) groups is 1. The quantitative estimate of drug-likeness (QED) is 0.729. The predicted octanol–water partition coefficient (Wildman–Crippen LogP) is 4.11. The number of hydrogen-bond acceptors (Lipinski definition) is 3. The van der Waals surface area contributed by atoms with Crippen molar-refractivity contribution in [2.45, 2.75) is 32.9 Å². The van der Waals surface area contributed by atoms with Crippen LogP contribution in [-0.4, -0.2) is 26.2 Å². The topological polar surface area (TPSA) is 47.6 Å². The van der Waals surface area contributed by atoms with Crippen LogP contribution in [0.2, 0.25) is 0 Å². The molecule has 1 rings (SSSR count). The lowest BCUT2D eigenvalue weighted by Gasteiger charge is -2.17. The van der Waals surface area contributed by atoms with Crippen LogP contribution in [0.4, 0.5) is 18.9 Å². The first kappa shape index (κ1) is 19.3. The Kier molecular flexibility index (Phi) is 7.35. The van der Waals surface area contributed by atoms with E-state index in [1.807, 2.05) is 6.92 Å². The van der Waals surface area contributed by atoms with Gasteiger partial charge in [0.2, 0.25) is 5.91 Å². The summed E-state index contributed by atoms with van der Waals surface area (Å²) in [5.41, 5.74) is -0.820. The zero-order valence-electron chi connectivity index (χ0n) is 13.5. The smallest absolute Gasteiger partial charge is 0.416 e. The zero-order chi connectivity index (χ0) is 17.5. The van der Waals surface area contributed by atoms with Crippen molar-refractivity contribution in [3.8, 4) is 5.75 Å². The Labute approximate surface area is 134 Å². The number of alkyl halides is 3. The highest BCUT2D eigenvalue weighted by atomic mass is 19.4. The summed E-state index contributed by atoms with van der Waals surface area (Å²) in [6.07, 6.45) is -3.02. The van der Waals surface area contributed by atoms with Crippen molar-refractivity contribution in [3.63, 3.8) is 0 Å². The molecule has 0 spiro atoms. The Balaban J connectivity index is 3.00. The molecule has 130 valence electrons. The van der Waals surface area contributed by atoms with Crippen LogP contribution < -0.4 is 10.1 Å². The normalized spacial score (nSPS) is 12.8. The van der Waals surface area contributed by atoms with E-state index in [1.54, 1.807) is 6.92 Å². The number of carbonyl (C=O) groups excluding carboxylic acids is 1. The predicted molar refractivity (Wildman–Crippen MR) is 81.5 cm³/mol. The molecular weight excluding hydrogens is 311 g/mol. The molecule has 1 aromatic rings. The van der Waals surface area contributed by atoms with Crippen LogP contribution in [0.3, 0.4) is 0 Å². The lowest BCUT2D eigenvalue weighted by atomic mass is 10.1. The number of rotatable bonds is 8. The van der Waals surface area contributed by atoms with Crippen LogP contribution in [0.25, 0.3) is 0 Å². The van der Waals surface area contributed by atoms with Crippen molar-refractivity contribution in [3.05, 3.63) is 23.8 Å². The van der Waals surface area contributed by atoms with Gasteiger partial charge in [0.25, 0.3) is 0 Å². The zero-order valence-corrected chi connectivity index (χ0v) is 13.5. The molecule has 1 amide bonds. The maximum absolute atomic E-state index is 12.8. The first-order valence-electron chi connectivity index (χ1n) is 7.43. The third kappa shape index (κ3) is 6.09. The van der Waals surface area contributed by atoms with E-state index in [2.05, 4.69) is 5.32 Å². The SMILES string of the molecule is CCCC(C)C(=O)Nc1cc(C(F)(F)F)ccc1OCCOC. The van der Waals surface area contributed by atoms with Gasteiger partial charge in [0.15, 0.2) is 0 Å². The first-order chi connectivity index (χ1) is 10.8. The summed E-state index contributed by atoms with van der Waals surface area (Å²) < 4.78 is 48.8. The number of hydrogen-bond donors (Lipinski definition) is 1. The van der Waals surface area contributed by atoms with Gasteiger partial charge in [-0.1, -0.05) is 20.3 Å². The van der Waals surface area contributed by atoms with E-state index in [1.165, 1.54) is 13.2 Å². The third-order valence-electron chi connectivity index (χ3n) is 3.28. The van der Waals surface area contributed by atoms with Gasteiger partial charge in [-0.05, 0) is 24.6 Å². The summed E-state index contributed by atoms with van der Waals surface area (Å²) in [5.74, 6) is -0.434. The third-order valence-corrected chi connectivity index (χ3v) is 3.28. The van der Waals surface area contributed by atoms with E-state index >= 15 is 0 Å². The van der Waals surface area contributed by atoms with E-state index in [0.717, 1.165) is 18.6 Å². The molecule has 4 nitrogen and oxygen atoms in total. The van der Waals surface area contributed by atoms with Crippen LogP contribution in [-0.2, 0) is 15.7 Å². The number of halogens is 3. The second-order valence-corrected chi connectivity index (χ2v) is 5.23. The minimum Gasteiger partial charge on any atom is -0.489 e. The fourth-order valence-electron chi connectivity index (χ4n) is 1.98. The molecule has 0 saturated heterocycles. The summed E-state index contributed by atoms with van der Waals surface area (Å²) in [6.45, 7) is 4.14.